The molecule has 0 radical (unpaired) electrons. The maximum Gasteiger partial charge on any atom is 0.331 e. The van der Waals surface area contributed by atoms with Gasteiger partial charge in [-0.15, -0.1) is 0 Å². The summed E-state index contributed by atoms with van der Waals surface area (Å²) < 4.78 is 4.87. The number of nitro benzene ring substituents is 1. The van der Waals surface area contributed by atoms with Gasteiger partial charge in [-0.05, 0) is 30.5 Å². The zero-order chi connectivity index (χ0) is 18.2. The van der Waals surface area contributed by atoms with Crippen LogP contribution in [0.25, 0.3) is 6.08 Å². The lowest BCUT2D eigenvalue weighted by molar-refractivity contribution is -0.384. The minimum absolute atomic E-state index is 0.0177. The van der Waals surface area contributed by atoms with Gasteiger partial charge >= 0.3 is 5.97 Å². The SMILES string of the molecule is O=C(COC(=O)/C=C/c1ccc(Cl)c([N+](=O)[O-])c1)NC1CCCCC1. The molecule has 1 amide bonds. The van der Waals surface area contributed by atoms with Crippen molar-refractivity contribution in [3.8, 4) is 0 Å². The Bertz CT molecular complexity index is 684. The van der Waals surface area contributed by atoms with Crippen LogP contribution in [0.4, 0.5) is 5.69 Å². The number of ether oxygens (including phenoxy) is 1. The van der Waals surface area contributed by atoms with Gasteiger partial charge in [-0.3, -0.25) is 14.9 Å². The first-order chi connectivity index (χ1) is 12.0. The summed E-state index contributed by atoms with van der Waals surface area (Å²) in [5.74, 6) is -1.02. The maximum absolute atomic E-state index is 11.7. The van der Waals surface area contributed by atoms with E-state index in [1.807, 2.05) is 0 Å². The number of carbonyl (C=O) groups is 2. The normalized spacial score (nSPS) is 15.1. The molecule has 0 bridgehead atoms. The molecule has 2 rings (SSSR count). The molecule has 1 aliphatic rings. The summed E-state index contributed by atoms with van der Waals surface area (Å²) in [6.07, 6.45) is 7.77. The van der Waals surface area contributed by atoms with Gasteiger partial charge in [0.2, 0.25) is 0 Å². The number of nitrogens with zero attached hydrogens (tertiary/aromatic N) is 1. The highest BCUT2D eigenvalue weighted by molar-refractivity contribution is 6.32. The molecule has 0 aromatic heterocycles. The fourth-order valence-corrected chi connectivity index (χ4v) is 2.83. The summed E-state index contributed by atoms with van der Waals surface area (Å²) >= 11 is 5.72. The van der Waals surface area contributed by atoms with Crippen LogP contribution in [0.1, 0.15) is 37.7 Å². The highest BCUT2D eigenvalue weighted by Crippen LogP contribution is 2.25. The Morgan fingerprint density at radius 2 is 2.04 bits per heavy atom. The highest BCUT2D eigenvalue weighted by atomic mass is 35.5. The Balaban J connectivity index is 1.81. The van der Waals surface area contributed by atoms with Crippen LogP contribution in [0, 0.1) is 10.1 Å². The Morgan fingerprint density at radius 3 is 2.72 bits per heavy atom. The first-order valence-corrected chi connectivity index (χ1v) is 8.41. The van der Waals surface area contributed by atoms with Crippen molar-refractivity contribution in [2.75, 3.05) is 6.61 Å². The lowest BCUT2D eigenvalue weighted by Crippen LogP contribution is -2.38. The van der Waals surface area contributed by atoms with Crippen LogP contribution in [-0.4, -0.2) is 29.4 Å². The van der Waals surface area contributed by atoms with E-state index in [1.54, 1.807) is 0 Å². The molecule has 0 heterocycles. The van der Waals surface area contributed by atoms with Gasteiger partial charge in [-0.1, -0.05) is 36.9 Å². The van der Waals surface area contributed by atoms with Crippen molar-refractivity contribution in [1.82, 2.24) is 5.32 Å². The molecule has 1 N–H and O–H groups in total. The Labute approximate surface area is 150 Å². The number of carbonyl (C=O) groups excluding carboxylic acids is 2. The predicted octanol–water partition coefficient (Wildman–Crippen LogP) is 3.25. The van der Waals surface area contributed by atoms with Crippen LogP contribution in [0.3, 0.4) is 0 Å². The Kier molecular flexibility index (Phi) is 6.94. The summed E-state index contributed by atoms with van der Waals surface area (Å²) in [5.41, 5.74) is 0.184. The van der Waals surface area contributed by atoms with Crippen molar-refractivity contribution in [2.24, 2.45) is 0 Å². The Hall–Kier alpha value is -2.41. The fourth-order valence-electron chi connectivity index (χ4n) is 2.64. The first-order valence-electron chi connectivity index (χ1n) is 8.04. The number of nitro groups is 1. The number of amides is 1. The summed E-state index contributed by atoms with van der Waals surface area (Å²) in [6, 6.07) is 4.32. The minimum Gasteiger partial charge on any atom is -0.452 e. The topological polar surface area (TPSA) is 98.5 Å². The van der Waals surface area contributed by atoms with E-state index in [-0.39, 0.29) is 29.3 Å². The van der Waals surface area contributed by atoms with E-state index >= 15 is 0 Å². The third-order valence-corrected chi connectivity index (χ3v) is 4.21. The van der Waals surface area contributed by atoms with Crippen molar-refractivity contribution < 1.29 is 19.2 Å². The molecule has 0 atom stereocenters. The third kappa shape index (κ3) is 6.19. The molecule has 134 valence electrons. The third-order valence-electron chi connectivity index (χ3n) is 3.89. The average Bonchev–Trinajstić information content (AvgIpc) is 2.60. The second-order valence-corrected chi connectivity index (χ2v) is 6.22. The summed E-state index contributed by atoms with van der Waals surface area (Å²) in [5, 5.41) is 13.7. The van der Waals surface area contributed by atoms with Crippen molar-refractivity contribution in [3.05, 3.63) is 45.0 Å². The number of halogens is 1. The first kappa shape index (κ1) is 18.9. The molecular formula is C17H19ClN2O5. The molecule has 7 nitrogen and oxygen atoms in total. The van der Waals surface area contributed by atoms with Crippen LogP contribution in [-0.2, 0) is 14.3 Å². The van der Waals surface area contributed by atoms with Crippen molar-refractivity contribution in [1.29, 1.82) is 0 Å². The van der Waals surface area contributed by atoms with Gasteiger partial charge in [-0.25, -0.2) is 4.79 Å². The van der Waals surface area contributed by atoms with Crippen molar-refractivity contribution in [2.45, 2.75) is 38.1 Å². The molecule has 1 aromatic carbocycles. The molecule has 1 fully saturated rings. The monoisotopic (exact) mass is 366 g/mol. The largest absolute Gasteiger partial charge is 0.452 e. The zero-order valence-corrected chi connectivity index (χ0v) is 14.3. The highest BCUT2D eigenvalue weighted by Gasteiger charge is 2.16. The van der Waals surface area contributed by atoms with Crippen molar-refractivity contribution in [3.63, 3.8) is 0 Å². The minimum atomic E-state index is -0.698. The van der Waals surface area contributed by atoms with Gasteiger partial charge in [0.25, 0.3) is 11.6 Å². The molecule has 0 unspecified atom stereocenters. The van der Waals surface area contributed by atoms with E-state index in [9.17, 15) is 19.7 Å². The van der Waals surface area contributed by atoms with Crippen LogP contribution >= 0.6 is 11.6 Å². The van der Waals surface area contributed by atoms with E-state index in [0.717, 1.165) is 31.8 Å². The van der Waals surface area contributed by atoms with Crippen LogP contribution in [0.15, 0.2) is 24.3 Å². The lowest BCUT2D eigenvalue weighted by Gasteiger charge is -2.22. The van der Waals surface area contributed by atoms with Crippen LogP contribution < -0.4 is 5.32 Å². The zero-order valence-electron chi connectivity index (χ0n) is 13.6. The smallest absolute Gasteiger partial charge is 0.331 e. The number of nitrogens with one attached hydrogen (secondary N) is 1. The molecule has 1 saturated carbocycles. The van der Waals surface area contributed by atoms with E-state index < -0.39 is 10.9 Å². The molecule has 0 aliphatic heterocycles. The Morgan fingerprint density at radius 1 is 1.32 bits per heavy atom. The van der Waals surface area contributed by atoms with Gasteiger partial charge in [0.1, 0.15) is 5.02 Å². The van der Waals surface area contributed by atoms with Gasteiger partial charge in [0.15, 0.2) is 6.61 Å². The standard InChI is InChI=1S/C17H19ClN2O5/c18-14-8-6-12(10-15(14)20(23)24)7-9-17(22)25-11-16(21)19-13-4-2-1-3-5-13/h6-10,13H,1-5,11H2,(H,19,21)/b9-7+. The molecule has 25 heavy (non-hydrogen) atoms. The number of hydrogen-bond donors (Lipinski definition) is 1. The molecule has 8 heteroatoms. The number of hydrogen-bond acceptors (Lipinski definition) is 5. The van der Waals surface area contributed by atoms with E-state index in [4.69, 9.17) is 16.3 Å². The molecule has 1 aromatic rings. The molecule has 0 spiro atoms. The summed E-state index contributed by atoms with van der Waals surface area (Å²) in [4.78, 5) is 33.6. The lowest BCUT2D eigenvalue weighted by atomic mass is 9.95. The summed E-state index contributed by atoms with van der Waals surface area (Å²) in [7, 11) is 0. The second-order valence-electron chi connectivity index (χ2n) is 5.81. The van der Waals surface area contributed by atoms with Crippen LogP contribution in [0.2, 0.25) is 5.02 Å². The maximum atomic E-state index is 11.7. The van der Waals surface area contributed by atoms with Crippen molar-refractivity contribution >= 4 is 35.2 Å². The molecule has 0 saturated heterocycles. The van der Waals surface area contributed by atoms with Gasteiger partial charge in [0, 0.05) is 18.2 Å². The number of rotatable bonds is 6. The fraction of sp³-hybridized carbons (Fsp3) is 0.412. The van der Waals surface area contributed by atoms with E-state index in [1.165, 1.54) is 30.7 Å². The molecule has 1 aliphatic carbocycles. The summed E-state index contributed by atoms with van der Waals surface area (Å²) in [6.45, 7) is -0.347. The average molecular weight is 367 g/mol. The van der Waals surface area contributed by atoms with Gasteiger partial charge in [0.05, 0.1) is 4.92 Å². The molecular weight excluding hydrogens is 348 g/mol. The number of benzene rings is 1. The van der Waals surface area contributed by atoms with E-state index in [0.29, 0.717) is 5.56 Å². The van der Waals surface area contributed by atoms with Gasteiger partial charge < -0.3 is 10.1 Å². The quantitative estimate of drug-likeness (QED) is 0.360. The van der Waals surface area contributed by atoms with E-state index in [2.05, 4.69) is 5.32 Å². The second kappa shape index (κ2) is 9.17. The van der Waals surface area contributed by atoms with Gasteiger partial charge in [-0.2, -0.15) is 0 Å². The predicted molar refractivity (Wildman–Crippen MR) is 93.1 cm³/mol. The van der Waals surface area contributed by atoms with Crippen LogP contribution in [0.5, 0.6) is 0 Å². The number of esters is 1.